The van der Waals surface area contributed by atoms with Crippen molar-refractivity contribution in [2.24, 2.45) is 33.7 Å². The predicted molar refractivity (Wildman–Crippen MR) is 127 cm³/mol. The molecule has 0 radical (unpaired) electrons. The van der Waals surface area contributed by atoms with Crippen molar-refractivity contribution in [3.8, 4) is 0 Å². The van der Waals surface area contributed by atoms with E-state index in [1.165, 1.54) is 24.8 Å². The highest BCUT2D eigenvalue weighted by atomic mass is 16.6. The van der Waals surface area contributed by atoms with Gasteiger partial charge in [0.15, 0.2) is 6.61 Å². The van der Waals surface area contributed by atoms with Crippen LogP contribution < -0.4 is 5.32 Å². The van der Waals surface area contributed by atoms with Crippen LogP contribution in [0.2, 0.25) is 0 Å². The molecule has 2 N–H and O–H groups in total. The van der Waals surface area contributed by atoms with Gasteiger partial charge in [-0.1, -0.05) is 30.6 Å². The summed E-state index contributed by atoms with van der Waals surface area (Å²) < 4.78 is 0. The van der Waals surface area contributed by atoms with Gasteiger partial charge in [-0.3, -0.25) is 9.78 Å². The number of allylic oxidation sites excluding steroid dienone is 2. The molecule has 1 aromatic rings. The van der Waals surface area contributed by atoms with Gasteiger partial charge in [0.2, 0.25) is 0 Å². The van der Waals surface area contributed by atoms with Crippen LogP contribution in [0, 0.1) is 28.6 Å². The second-order valence-corrected chi connectivity index (χ2v) is 11.1. The smallest absolute Gasteiger partial charge is 0.261 e. The highest BCUT2D eigenvalue weighted by Gasteiger charge is 2.58. The number of amides is 1. The number of aliphatic hydroxyl groups excluding tert-OH is 1. The third-order valence-electron chi connectivity index (χ3n) is 9.50. The molecule has 0 aromatic carbocycles. The number of carbonyl (C=O) groups excluding carboxylic acids is 1. The molecule has 1 heterocycles. The van der Waals surface area contributed by atoms with Crippen molar-refractivity contribution in [3.05, 3.63) is 41.7 Å². The number of aromatic nitrogens is 1. The van der Waals surface area contributed by atoms with Crippen molar-refractivity contribution in [2.75, 3.05) is 6.61 Å². The Hall–Kier alpha value is -2.21. The number of nitrogens with zero attached hydrogens (tertiary/aromatic N) is 2. The molecule has 33 heavy (non-hydrogen) atoms. The third kappa shape index (κ3) is 4.11. The normalized spacial score (nSPS) is 38.6. The number of oxime groups is 1. The molecule has 0 bridgehead atoms. The first kappa shape index (κ1) is 22.6. The Morgan fingerprint density at radius 1 is 1.18 bits per heavy atom. The molecule has 6 atom stereocenters. The molecule has 6 nitrogen and oxygen atoms in total. The maximum atomic E-state index is 12.1. The number of rotatable bonds is 5. The van der Waals surface area contributed by atoms with Gasteiger partial charge in [0.05, 0.1) is 24.1 Å². The van der Waals surface area contributed by atoms with Crippen LogP contribution in [-0.2, 0) is 16.2 Å². The van der Waals surface area contributed by atoms with Crippen molar-refractivity contribution in [3.63, 3.8) is 0 Å². The van der Waals surface area contributed by atoms with Crippen LogP contribution in [0.4, 0.5) is 0 Å². The highest BCUT2D eigenvalue weighted by Crippen LogP contribution is 2.65. The van der Waals surface area contributed by atoms with Crippen molar-refractivity contribution < 1.29 is 14.7 Å². The molecular weight excluding hydrogens is 414 g/mol. The summed E-state index contributed by atoms with van der Waals surface area (Å²) in [5.74, 6) is 1.93. The average Bonchev–Trinajstić information content (AvgIpc) is 3.13. The lowest BCUT2D eigenvalue weighted by Crippen LogP contribution is -2.51. The first-order valence-electron chi connectivity index (χ1n) is 12.6. The van der Waals surface area contributed by atoms with Crippen molar-refractivity contribution in [2.45, 2.75) is 77.9 Å². The lowest BCUT2D eigenvalue weighted by molar-refractivity contribution is -0.125. The van der Waals surface area contributed by atoms with Crippen LogP contribution >= 0.6 is 0 Å². The zero-order valence-electron chi connectivity index (χ0n) is 19.9. The van der Waals surface area contributed by atoms with Gasteiger partial charge in [-0.15, -0.1) is 0 Å². The second kappa shape index (κ2) is 8.86. The summed E-state index contributed by atoms with van der Waals surface area (Å²) >= 11 is 0. The van der Waals surface area contributed by atoms with Gasteiger partial charge in [-0.05, 0) is 98.2 Å². The van der Waals surface area contributed by atoms with Crippen molar-refractivity contribution >= 4 is 11.6 Å². The maximum Gasteiger partial charge on any atom is 0.261 e. The molecule has 0 saturated heterocycles. The van der Waals surface area contributed by atoms with Crippen LogP contribution in [0.5, 0.6) is 0 Å². The summed E-state index contributed by atoms with van der Waals surface area (Å²) in [6.07, 6.45) is 12.7. The molecule has 4 aliphatic rings. The Morgan fingerprint density at radius 2 is 2.06 bits per heavy atom. The monoisotopic (exact) mass is 451 g/mol. The van der Waals surface area contributed by atoms with Crippen LogP contribution in [0.3, 0.4) is 0 Å². The van der Waals surface area contributed by atoms with Crippen molar-refractivity contribution in [1.82, 2.24) is 10.3 Å². The van der Waals surface area contributed by atoms with E-state index < -0.39 is 0 Å². The van der Waals surface area contributed by atoms with E-state index >= 15 is 0 Å². The summed E-state index contributed by atoms with van der Waals surface area (Å²) in [5.41, 5.74) is 3.65. The van der Waals surface area contributed by atoms with Crippen LogP contribution in [0.15, 0.2) is 41.2 Å². The summed E-state index contributed by atoms with van der Waals surface area (Å²) in [6, 6.07) is 5.63. The molecule has 0 unspecified atom stereocenters. The predicted octanol–water partition coefficient (Wildman–Crippen LogP) is 4.39. The fourth-order valence-electron chi connectivity index (χ4n) is 7.53. The van der Waals surface area contributed by atoms with E-state index in [0.29, 0.717) is 18.4 Å². The molecule has 4 aliphatic carbocycles. The molecule has 5 rings (SSSR count). The molecular formula is C27H37N3O3. The second-order valence-electron chi connectivity index (χ2n) is 11.1. The van der Waals surface area contributed by atoms with Gasteiger partial charge in [-0.25, -0.2) is 0 Å². The third-order valence-corrected chi connectivity index (χ3v) is 9.50. The zero-order valence-corrected chi connectivity index (χ0v) is 19.9. The first-order valence-corrected chi connectivity index (χ1v) is 12.6. The Labute approximate surface area is 196 Å². The average molecular weight is 452 g/mol. The van der Waals surface area contributed by atoms with E-state index in [9.17, 15) is 9.90 Å². The van der Waals surface area contributed by atoms with Crippen LogP contribution in [0.25, 0.3) is 0 Å². The minimum Gasteiger partial charge on any atom is -0.393 e. The lowest BCUT2D eigenvalue weighted by Gasteiger charge is -2.57. The van der Waals surface area contributed by atoms with Crippen molar-refractivity contribution in [1.29, 1.82) is 0 Å². The largest absolute Gasteiger partial charge is 0.393 e. The minimum atomic E-state index is -0.192. The van der Waals surface area contributed by atoms with E-state index in [2.05, 4.69) is 35.4 Å². The SMILES string of the molecule is C[C@]12CC[C@H]3[C@@H](CCC4=C/C(=N\OCC(=O)NCc5ccccn5)CC[C@@]43C)[C@@H]1CC[C@H]2O. The molecule has 0 aliphatic heterocycles. The fourth-order valence-corrected chi connectivity index (χ4v) is 7.53. The number of carbonyl (C=O) groups is 1. The summed E-state index contributed by atoms with van der Waals surface area (Å²) in [6.45, 7) is 5.12. The zero-order chi connectivity index (χ0) is 23.1. The van der Waals surface area contributed by atoms with Gasteiger partial charge < -0.3 is 15.3 Å². The minimum absolute atomic E-state index is 0.0793. The van der Waals surface area contributed by atoms with Crippen LogP contribution in [-0.4, -0.2) is 34.4 Å². The number of nitrogens with one attached hydrogen (secondary N) is 1. The Balaban J connectivity index is 1.19. The fraction of sp³-hybridized carbons (Fsp3) is 0.667. The van der Waals surface area contributed by atoms with E-state index in [-0.39, 0.29) is 29.4 Å². The van der Waals surface area contributed by atoms with Gasteiger partial charge in [0.1, 0.15) is 0 Å². The number of aliphatic hydroxyl groups is 1. The van der Waals surface area contributed by atoms with Gasteiger partial charge in [-0.2, -0.15) is 0 Å². The number of pyridine rings is 1. The lowest BCUT2D eigenvalue weighted by atomic mass is 9.47. The molecule has 178 valence electrons. The summed E-state index contributed by atoms with van der Waals surface area (Å²) in [7, 11) is 0. The Morgan fingerprint density at radius 3 is 2.88 bits per heavy atom. The van der Waals surface area contributed by atoms with E-state index in [1.807, 2.05) is 18.2 Å². The quantitative estimate of drug-likeness (QED) is 0.650. The topological polar surface area (TPSA) is 83.8 Å². The molecule has 0 spiro atoms. The maximum absolute atomic E-state index is 12.1. The molecule has 1 aromatic heterocycles. The molecule has 1 amide bonds. The van der Waals surface area contributed by atoms with E-state index in [4.69, 9.17) is 4.84 Å². The number of hydrogen-bond acceptors (Lipinski definition) is 5. The number of hydrogen-bond donors (Lipinski definition) is 2. The van der Waals surface area contributed by atoms with Crippen LogP contribution in [0.1, 0.15) is 70.9 Å². The van der Waals surface area contributed by atoms with Gasteiger partial charge in [0, 0.05) is 6.20 Å². The first-order chi connectivity index (χ1) is 15.9. The molecule has 3 fully saturated rings. The van der Waals surface area contributed by atoms with Gasteiger partial charge in [0.25, 0.3) is 5.91 Å². The summed E-state index contributed by atoms with van der Waals surface area (Å²) in [4.78, 5) is 21.7. The van der Waals surface area contributed by atoms with E-state index in [0.717, 1.165) is 49.4 Å². The highest BCUT2D eigenvalue weighted by molar-refractivity contribution is 5.96. The van der Waals surface area contributed by atoms with E-state index in [1.54, 1.807) is 6.20 Å². The summed E-state index contributed by atoms with van der Waals surface area (Å²) in [5, 5.41) is 17.8. The van der Waals surface area contributed by atoms with Gasteiger partial charge >= 0.3 is 0 Å². The molecule has 6 heteroatoms. The number of fused-ring (bicyclic) bond motifs is 5. The molecule has 3 saturated carbocycles. The Bertz CT molecular complexity index is 945. The Kier molecular flexibility index (Phi) is 6.06. The standard InChI is InChI=1S/C27H37N3O3/c1-26-12-10-19(30-33-17-25(32)29-16-20-5-3-4-14-28-20)15-18(26)6-7-21-22-8-9-24(31)27(22,2)13-11-23(21)26/h3-5,14-15,21-24,31H,6-13,16-17H2,1-2H3,(H,29,32)/b30-19-/t21-,22-,23-,24+,26-,27-/m0/s1.